The number of amides is 1. The summed E-state index contributed by atoms with van der Waals surface area (Å²) in [5, 5.41) is 8.35. The van der Waals surface area contributed by atoms with Crippen molar-refractivity contribution in [3.05, 3.63) is 35.6 Å². The highest BCUT2D eigenvalue weighted by Crippen LogP contribution is 2.09. The molecular weight excluding hydrogens is 207 g/mol. The average molecular weight is 220 g/mol. The Morgan fingerprint density at radius 1 is 1.50 bits per heavy atom. The van der Waals surface area contributed by atoms with Gasteiger partial charge in [-0.1, -0.05) is 18.2 Å². The number of rotatable bonds is 4. The second kappa shape index (κ2) is 5.86. The monoisotopic (exact) mass is 220 g/mol. The first-order chi connectivity index (χ1) is 7.65. The van der Waals surface area contributed by atoms with E-state index >= 15 is 0 Å². The minimum atomic E-state index is -0.317. The van der Waals surface area contributed by atoms with Gasteiger partial charge in [0.25, 0.3) is 0 Å². The molecule has 4 heteroatoms. The molecule has 0 N–H and O–H groups in total. The molecule has 0 aromatic heterocycles. The van der Waals surface area contributed by atoms with Crippen LogP contribution in [0.25, 0.3) is 0 Å². The van der Waals surface area contributed by atoms with Crippen molar-refractivity contribution in [1.82, 2.24) is 4.90 Å². The van der Waals surface area contributed by atoms with Gasteiger partial charge in [-0.25, -0.2) is 4.39 Å². The Morgan fingerprint density at radius 2 is 2.19 bits per heavy atom. The van der Waals surface area contributed by atoms with Crippen LogP contribution in [0.3, 0.4) is 0 Å². The van der Waals surface area contributed by atoms with E-state index in [1.54, 1.807) is 25.2 Å². The molecule has 0 aliphatic carbocycles. The van der Waals surface area contributed by atoms with Gasteiger partial charge in [0.15, 0.2) is 0 Å². The second-order valence-corrected chi connectivity index (χ2v) is 3.50. The maximum absolute atomic E-state index is 13.3. The van der Waals surface area contributed by atoms with Crippen molar-refractivity contribution < 1.29 is 9.18 Å². The highest BCUT2D eigenvalue weighted by atomic mass is 19.1. The van der Waals surface area contributed by atoms with E-state index in [4.69, 9.17) is 5.26 Å². The van der Waals surface area contributed by atoms with Crippen LogP contribution >= 0.6 is 0 Å². The lowest BCUT2D eigenvalue weighted by Gasteiger charge is -2.16. The van der Waals surface area contributed by atoms with E-state index in [2.05, 4.69) is 0 Å². The molecule has 0 heterocycles. The minimum Gasteiger partial charge on any atom is -0.341 e. The van der Waals surface area contributed by atoms with Crippen molar-refractivity contribution in [2.45, 2.75) is 19.4 Å². The Kier molecular flexibility index (Phi) is 4.46. The van der Waals surface area contributed by atoms with Crippen molar-refractivity contribution in [2.75, 3.05) is 7.05 Å². The van der Waals surface area contributed by atoms with E-state index in [0.717, 1.165) is 0 Å². The highest BCUT2D eigenvalue weighted by molar-refractivity contribution is 5.76. The fourth-order valence-corrected chi connectivity index (χ4v) is 1.32. The maximum atomic E-state index is 13.3. The first-order valence-corrected chi connectivity index (χ1v) is 4.99. The highest BCUT2D eigenvalue weighted by Gasteiger charge is 2.10. The quantitative estimate of drug-likeness (QED) is 0.779. The van der Waals surface area contributed by atoms with Crippen LogP contribution in [-0.2, 0) is 11.3 Å². The Morgan fingerprint density at radius 3 is 2.81 bits per heavy atom. The number of nitriles is 1. The Hall–Kier alpha value is -1.89. The van der Waals surface area contributed by atoms with Crippen molar-refractivity contribution >= 4 is 5.91 Å². The van der Waals surface area contributed by atoms with E-state index < -0.39 is 0 Å². The van der Waals surface area contributed by atoms with Crippen LogP contribution in [0, 0.1) is 17.1 Å². The zero-order chi connectivity index (χ0) is 12.0. The second-order valence-electron chi connectivity index (χ2n) is 3.50. The van der Waals surface area contributed by atoms with Crippen molar-refractivity contribution in [2.24, 2.45) is 0 Å². The van der Waals surface area contributed by atoms with Gasteiger partial charge in [0.05, 0.1) is 6.07 Å². The van der Waals surface area contributed by atoms with Gasteiger partial charge in [0.2, 0.25) is 5.91 Å². The topological polar surface area (TPSA) is 44.1 Å². The van der Waals surface area contributed by atoms with Crippen LogP contribution in [0.5, 0.6) is 0 Å². The number of nitrogens with zero attached hydrogens (tertiary/aromatic N) is 2. The van der Waals surface area contributed by atoms with Crippen molar-refractivity contribution in [1.29, 1.82) is 5.26 Å². The lowest BCUT2D eigenvalue weighted by Crippen LogP contribution is -2.26. The summed E-state index contributed by atoms with van der Waals surface area (Å²) in [6.07, 6.45) is 0.377. The molecule has 3 nitrogen and oxygen atoms in total. The smallest absolute Gasteiger partial charge is 0.223 e. The third-order valence-electron chi connectivity index (χ3n) is 2.24. The van der Waals surface area contributed by atoms with E-state index in [0.29, 0.717) is 5.56 Å². The fourth-order valence-electron chi connectivity index (χ4n) is 1.32. The maximum Gasteiger partial charge on any atom is 0.223 e. The molecule has 0 bridgehead atoms. The molecule has 0 unspecified atom stereocenters. The van der Waals surface area contributed by atoms with Crippen LogP contribution < -0.4 is 0 Å². The third-order valence-corrected chi connectivity index (χ3v) is 2.24. The van der Waals surface area contributed by atoms with Gasteiger partial charge in [-0.15, -0.1) is 0 Å². The van der Waals surface area contributed by atoms with Crippen LogP contribution in [0.15, 0.2) is 24.3 Å². The van der Waals surface area contributed by atoms with Gasteiger partial charge in [-0.05, 0) is 6.07 Å². The number of benzene rings is 1. The van der Waals surface area contributed by atoms with Crippen LogP contribution in [0.1, 0.15) is 18.4 Å². The first kappa shape index (κ1) is 12.2. The van der Waals surface area contributed by atoms with Gasteiger partial charge in [-0.2, -0.15) is 5.26 Å². The van der Waals surface area contributed by atoms with Crippen LogP contribution in [0.4, 0.5) is 4.39 Å². The molecule has 0 aliphatic rings. The average Bonchev–Trinajstić information content (AvgIpc) is 2.28. The molecule has 0 aliphatic heterocycles. The molecule has 0 saturated heterocycles. The summed E-state index contributed by atoms with van der Waals surface area (Å²) in [4.78, 5) is 12.9. The molecule has 1 aromatic carbocycles. The van der Waals surface area contributed by atoms with E-state index in [9.17, 15) is 9.18 Å². The summed E-state index contributed by atoms with van der Waals surface area (Å²) in [7, 11) is 1.60. The molecule has 0 atom stereocenters. The Balaban J connectivity index is 2.58. The standard InChI is InChI=1S/C12H13FN2O/c1-15(12(16)7-4-8-14)9-10-5-2-3-6-11(10)13/h2-3,5-6H,4,7,9H2,1H3. The number of halogens is 1. The predicted octanol–water partition coefficient (Wildman–Crippen LogP) is 2.09. The molecule has 1 rings (SSSR count). The van der Waals surface area contributed by atoms with Gasteiger partial charge in [0, 0.05) is 32.0 Å². The molecule has 16 heavy (non-hydrogen) atoms. The zero-order valence-corrected chi connectivity index (χ0v) is 9.11. The number of hydrogen-bond donors (Lipinski definition) is 0. The summed E-state index contributed by atoms with van der Waals surface area (Å²) in [5.74, 6) is -0.466. The number of carbonyl (C=O) groups excluding carboxylic acids is 1. The third kappa shape index (κ3) is 3.35. The van der Waals surface area contributed by atoms with Crippen molar-refractivity contribution in [3.63, 3.8) is 0 Å². The number of hydrogen-bond acceptors (Lipinski definition) is 2. The minimum absolute atomic E-state index is 0.148. The molecular formula is C12H13FN2O. The molecule has 0 radical (unpaired) electrons. The lowest BCUT2D eigenvalue weighted by molar-refractivity contribution is -0.130. The molecule has 1 aromatic rings. The summed E-state index contributed by atoms with van der Waals surface area (Å²) in [6.45, 7) is 0.233. The normalized spacial score (nSPS) is 9.56. The summed E-state index contributed by atoms with van der Waals surface area (Å²) < 4.78 is 13.3. The molecule has 1 amide bonds. The first-order valence-electron chi connectivity index (χ1n) is 4.99. The molecule has 0 saturated carbocycles. The fraction of sp³-hybridized carbons (Fsp3) is 0.333. The molecule has 84 valence electrons. The zero-order valence-electron chi connectivity index (χ0n) is 9.11. The van der Waals surface area contributed by atoms with Crippen LogP contribution in [-0.4, -0.2) is 17.9 Å². The van der Waals surface area contributed by atoms with Gasteiger partial charge >= 0.3 is 0 Å². The van der Waals surface area contributed by atoms with Crippen LogP contribution in [0.2, 0.25) is 0 Å². The summed E-state index contributed by atoms with van der Waals surface area (Å²) in [5.41, 5.74) is 0.482. The number of carbonyl (C=O) groups is 1. The van der Waals surface area contributed by atoms with Gasteiger partial charge in [0.1, 0.15) is 5.82 Å². The Bertz CT molecular complexity index is 412. The van der Waals surface area contributed by atoms with E-state index in [-0.39, 0.29) is 31.1 Å². The van der Waals surface area contributed by atoms with Crippen molar-refractivity contribution in [3.8, 4) is 6.07 Å². The van der Waals surface area contributed by atoms with E-state index in [1.165, 1.54) is 11.0 Å². The van der Waals surface area contributed by atoms with Gasteiger partial charge < -0.3 is 4.90 Å². The lowest BCUT2D eigenvalue weighted by atomic mass is 10.2. The SMILES string of the molecule is CN(Cc1ccccc1F)C(=O)CCC#N. The largest absolute Gasteiger partial charge is 0.341 e. The summed E-state index contributed by atoms with van der Waals surface area (Å²) in [6, 6.07) is 8.25. The Labute approximate surface area is 94.1 Å². The predicted molar refractivity (Wildman–Crippen MR) is 57.7 cm³/mol. The van der Waals surface area contributed by atoms with E-state index in [1.807, 2.05) is 6.07 Å². The van der Waals surface area contributed by atoms with Gasteiger partial charge in [-0.3, -0.25) is 4.79 Å². The molecule has 0 fully saturated rings. The molecule has 0 spiro atoms. The summed E-state index contributed by atoms with van der Waals surface area (Å²) >= 11 is 0.